The molecule has 0 fully saturated rings. The zero-order valence-electron chi connectivity index (χ0n) is 18.8. The Kier molecular flexibility index (Phi) is 7.14. The van der Waals surface area contributed by atoms with Crippen molar-refractivity contribution in [2.24, 2.45) is 4.99 Å². The molecule has 2 heterocycles. The van der Waals surface area contributed by atoms with Gasteiger partial charge in [0.1, 0.15) is 18.4 Å². The lowest BCUT2D eigenvalue weighted by Crippen LogP contribution is -2.40. The molecule has 0 aliphatic carbocycles. The highest BCUT2D eigenvalue weighted by atomic mass is 35.5. The molecule has 8 heteroatoms. The quantitative estimate of drug-likeness (QED) is 0.367. The van der Waals surface area contributed by atoms with Gasteiger partial charge in [0, 0.05) is 5.02 Å². The van der Waals surface area contributed by atoms with E-state index in [9.17, 15) is 9.59 Å². The molecule has 0 radical (unpaired) electrons. The standard InChI is InChI=1S/C26H23ClN2O4S/c1-4-13-33-18-10-8-9-17(14-18)15-21-24(30)29-23(19-11-6-7-12-20(19)27)22(25(31)32-5-2)16(3)28-26(29)34-21/h4,6-12,14-15,23H,1,5,13H2,2-3H3/b21-15-/t23-/m0/s1. The van der Waals surface area contributed by atoms with Crippen molar-refractivity contribution in [2.45, 2.75) is 19.9 Å². The first kappa shape index (κ1) is 23.7. The van der Waals surface area contributed by atoms with Gasteiger partial charge in [0.05, 0.1) is 22.4 Å². The third-order valence-electron chi connectivity index (χ3n) is 5.24. The number of fused-ring (bicyclic) bond motifs is 1. The monoisotopic (exact) mass is 494 g/mol. The molecule has 2 aromatic carbocycles. The summed E-state index contributed by atoms with van der Waals surface area (Å²) in [6.45, 7) is 7.73. The van der Waals surface area contributed by atoms with Gasteiger partial charge in [0.2, 0.25) is 0 Å². The molecule has 0 spiro atoms. The van der Waals surface area contributed by atoms with Gasteiger partial charge in [-0.1, -0.05) is 65.9 Å². The molecule has 1 aliphatic heterocycles. The maximum atomic E-state index is 13.6. The first-order valence-electron chi connectivity index (χ1n) is 10.7. The van der Waals surface area contributed by atoms with Crippen LogP contribution in [0.1, 0.15) is 31.0 Å². The molecule has 0 bridgehead atoms. The van der Waals surface area contributed by atoms with Crippen LogP contribution in [0.3, 0.4) is 0 Å². The first-order valence-corrected chi connectivity index (χ1v) is 11.9. The largest absolute Gasteiger partial charge is 0.490 e. The van der Waals surface area contributed by atoms with Crippen LogP contribution in [-0.2, 0) is 9.53 Å². The van der Waals surface area contributed by atoms with Crippen molar-refractivity contribution >= 4 is 35.0 Å². The highest BCUT2D eigenvalue weighted by molar-refractivity contribution is 7.07. The first-order chi connectivity index (χ1) is 16.4. The summed E-state index contributed by atoms with van der Waals surface area (Å²) < 4.78 is 12.9. The number of ether oxygens (including phenoxy) is 2. The fourth-order valence-corrected chi connectivity index (χ4v) is 5.07. The van der Waals surface area contributed by atoms with E-state index in [0.29, 0.717) is 43.5 Å². The molecule has 3 aromatic rings. The number of hydrogen-bond donors (Lipinski definition) is 0. The SMILES string of the molecule is C=CCOc1cccc(/C=c2\sc3n(c2=O)[C@@H](c2ccccc2Cl)C(C(=O)OCC)=C(C)N=3)c1. The van der Waals surface area contributed by atoms with Gasteiger partial charge in [0.25, 0.3) is 5.56 Å². The van der Waals surface area contributed by atoms with Crippen molar-refractivity contribution in [3.63, 3.8) is 0 Å². The minimum absolute atomic E-state index is 0.208. The van der Waals surface area contributed by atoms with Crippen molar-refractivity contribution < 1.29 is 14.3 Å². The van der Waals surface area contributed by atoms with Gasteiger partial charge < -0.3 is 9.47 Å². The Hall–Kier alpha value is -3.42. The number of rotatable bonds is 7. The van der Waals surface area contributed by atoms with Crippen molar-refractivity contribution in [3.8, 4) is 5.75 Å². The van der Waals surface area contributed by atoms with E-state index in [1.165, 1.54) is 15.9 Å². The van der Waals surface area contributed by atoms with Gasteiger partial charge in [-0.15, -0.1) is 0 Å². The highest BCUT2D eigenvalue weighted by Crippen LogP contribution is 2.34. The zero-order valence-corrected chi connectivity index (χ0v) is 20.4. The van der Waals surface area contributed by atoms with Gasteiger partial charge >= 0.3 is 5.97 Å². The molecule has 1 aliphatic rings. The summed E-state index contributed by atoms with van der Waals surface area (Å²) in [6.07, 6.45) is 3.46. The molecule has 6 nitrogen and oxygen atoms in total. The Balaban J connectivity index is 1.90. The molecule has 0 saturated carbocycles. The molecule has 0 amide bonds. The molecule has 1 aromatic heterocycles. The number of hydrogen-bond acceptors (Lipinski definition) is 6. The van der Waals surface area contributed by atoms with Crippen LogP contribution in [0.4, 0.5) is 0 Å². The van der Waals surface area contributed by atoms with Gasteiger partial charge in [-0.3, -0.25) is 9.36 Å². The van der Waals surface area contributed by atoms with Crippen LogP contribution < -0.4 is 19.6 Å². The average Bonchev–Trinajstić information content (AvgIpc) is 3.12. The fraction of sp³-hybridized carbons (Fsp3) is 0.192. The normalized spacial score (nSPS) is 15.5. The van der Waals surface area contributed by atoms with Crippen LogP contribution in [0, 0.1) is 0 Å². The summed E-state index contributed by atoms with van der Waals surface area (Å²) in [4.78, 5) is 31.6. The molecular weight excluding hydrogens is 472 g/mol. The number of benzene rings is 2. The van der Waals surface area contributed by atoms with Crippen LogP contribution in [0.5, 0.6) is 5.75 Å². The molecule has 34 heavy (non-hydrogen) atoms. The Bertz CT molecular complexity index is 1470. The second-order valence-corrected chi connectivity index (χ2v) is 8.91. The van der Waals surface area contributed by atoms with E-state index in [-0.39, 0.29) is 12.2 Å². The third kappa shape index (κ3) is 4.62. The molecular formula is C26H23ClN2O4S. The van der Waals surface area contributed by atoms with Gasteiger partial charge in [-0.25, -0.2) is 9.79 Å². The van der Waals surface area contributed by atoms with Gasteiger partial charge in [-0.2, -0.15) is 0 Å². The lowest BCUT2D eigenvalue weighted by Gasteiger charge is -2.25. The average molecular weight is 495 g/mol. The summed E-state index contributed by atoms with van der Waals surface area (Å²) in [5.74, 6) is 0.158. The van der Waals surface area contributed by atoms with Gasteiger partial charge in [-0.05, 0) is 49.2 Å². The molecule has 0 N–H and O–H groups in total. The second kappa shape index (κ2) is 10.2. The number of carbonyl (C=O) groups excluding carboxylic acids is 1. The van der Waals surface area contributed by atoms with Crippen molar-refractivity contribution in [3.05, 3.63) is 108 Å². The summed E-state index contributed by atoms with van der Waals surface area (Å²) in [6, 6.07) is 13.9. The summed E-state index contributed by atoms with van der Waals surface area (Å²) in [5.41, 5.74) is 1.97. The number of carbonyl (C=O) groups is 1. The number of nitrogens with zero attached hydrogens (tertiary/aromatic N) is 2. The number of allylic oxidation sites excluding steroid dienone is 1. The van der Waals surface area contributed by atoms with E-state index in [0.717, 1.165) is 5.56 Å². The Morgan fingerprint density at radius 3 is 2.79 bits per heavy atom. The van der Waals surface area contributed by atoms with Crippen molar-refractivity contribution in [1.29, 1.82) is 0 Å². The molecule has 174 valence electrons. The predicted molar refractivity (Wildman–Crippen MR) is 134 cm³/mol. The maximum Gasteiger partial charge on any atom is 0.338 e. The Morgan fingerprint density at radius 2 is 2.06 bits per heavy atom. The number of esters is 1. The van der Waals surface area contributed by atoms with Crippen LogP contribution in [-0.4, -0.2) is 23.8 Å². The third-order valence-corrected chi connectivity index (χ3v) is 6.57. The molecule has 4 rings (SSSR count). The zero-order chi connectivity index (χ0) is 24.2. The number of aromatic nitrogens is 1. The van der Waals surface area contributed by atoms with E-state index >= 15 is 0 Å². The van der Waals surface area contributed by atoms with E-state index in [2.05, 4.69) is 11.6 Å². The summed E-state index contributed by atoms with van der Waals surface area (Å²) in [5, 5.41) is 0.450. The highest BCUT2D eigenvalue weighted by Gasteiger charge is 2.34. The van der Waals surface area contributed by atoms with Crippen LogP contribution in [0.2, 0.25) is 5.02 Å². The van der Waals surface area contributed by atoms with E-state index in [1.54, 1.807) is 38.1 Å². The maximum absolute atomic E-state index is 13.6. The van der Waals surface area contributed by atoms with Crippen LogP contribution in [0.15, 0.2) is 82.2 Å². The van der Waals surface area contributed by atoms with E-state index < -0.39 is 12.0 Å². The Labute approximate surface area is 205 Å². The minimum Gasteiger partial charge on any atom is -0.490 e. The molecule has 1 atom stereocenters. The van der Waals surface area contributed by atoms with Crippen molar-refractivity contribution in [1.82, 2.24) is 4.57 Å². The van der Waals surface area contributed by atoms with E-state index in [4.69, 9.17) is 21.1 Å². The number of halogens is 1. The lowest BCUT2D eigenvalue weighted by atomic mass is 9.96. The number of thiazole rings is 1. The second-order valence-electron chi connectivity index (χ2n) is 7.50. The van der Waals surface area contributed by atoms with Crippen molar-refractivity contribution in [2.75, 3.05) is 13.2 Å². The summed E-state index contributed by atoms with van der Waals surface area (Å²) >= 11 is 7.78. The van der Waals surface area contributed by atoms with Gasteiger partial charge in [0.15, 0.2) is 4.80 Å². The minimum atomic E-state index is -0.742. The predicted octanol–water partition coefficient (Wildman–Crippen LogP) is 4.02. The molecule has 0 saturated heterocycles. The Morgan fingerprint density at radius 1 is 1.26 bits per heavy atom. The summed E-state index contributed by atoms with van der Waals surface area (Å²) in [7, 11) is 0. The lowest BCUT2D eigenvalue weighted by molar-refractivity contribution is -0.139. The fourth-order valence-electron chi connectivity index (χ4n) is 3.78. The molecule has 0 unspecified atom stereocenters. The van der Waals surface area contributed by atoms with E-state index in [1.807, 2.05) is 36.4 Å². The van der Waals surface area contributed by atoms with Crippen LogP contribution >= 0.6 is 22.9 Å². The van der Waals surface area contributed by atoms with Crippen LogP contribution in [0.25, 0.3) is 6.08 Å². The topological polar surface area (TPSA) is 69.9 Å². The smallest absolute Gasteiger partial charge is 0.338 e.